The van der Waals surface area contributed by atoms with Crippen LogP contribution in [0, 0.1) is 6.92 Å². The van der Waals surface area contributed by atoms with Gasteiger partial charge in [0.05, 0.1) is 17.5 Å². The average Bonchev–Trinajstić information content (AvgIpc) is 3.39. The van der Waals surface area contributed by atoms with Crippen molar-refractivity contribution >= 4 is 5.91 Å². The predicted octanol–water partition coefficient (Wildman–Crippen LogP) is 2.57. The summed E-state index contributed by atoms with van der Waals surface area (Å²) >= 11 is 0. The minimum atomic E-state index is -0.797. The van der Waals surface area contributed by atoms with E-state index in [2.05, 4.69) is 15.6 Å². The first kappa shape index (κ1) is 20.5. The zero-order chi connectivity index (χ0) is 20.8. The molecule has 0 aliphatic carbocycles. The van der Waals surface area contributed by atoms with Crippen LogP contribution in [0.3, 0.4) is 0 Å². The largest absolute Gasteiger partial charge is 0.463 e. The summed E-state index contributed by atoms with van der Waals surface area (Å²) in [5.74, 6) is 0.551. The lowest BCUT2D eigenvalue weighted by atomic mass is 10.1. The second-order valence-corrected chi connectivity index (χ2v) is 6.52. The van der Waals surface area contributed by atoms with Gasteiger partial charge in [-0.2, -0.15) is 5.10 Å². The zero-order valence-corrected chi connectivity index (χ0v) is 16.7. The van der Waals surface area contributed by atoms with Crippen LogP contribution in [0.25, 0.3) is 22.8 Å². The second-order valence-electron chi connectivity index (χ2n) is 6.52. The quantitative estimate of drug-likeness (QED) is 0.549. The molecule has 3 aromatic rings. The minimum Gasteiger partial charge on any atom is -0.463 e. The summed E-state index contributed by atoms with van der Waals surface area (Å²) in [6.07, 6.45) is 2.20. The van der Waals surface area contributed by atoms with E-state index in [4.69, 9.17) is 13.7 Å². The Morgan fingerprint density at radius 2 is 2.17 bits per heavy atom. The number of nitrogens with one attached hydrogen (secondary N) is 1. The highest BCUT2D eigenvalue weighted by atomic mass is 16.5. The Labute approximate surface area is 167 Å². The number of nitrogens with zero attached hydrogens (tertiary/aromatic N) is 3. The fourth-order valence-corrected chi connectivity index (χ4v) is 2.81. The molecule has 0 saturated heterocycles. The van der Waals surface area contributed by atoms with E-state index in [0.29, 0.717) is 54.7 Å². The van der Waals surface area contributed by atoms with Crippen molar-refractivity contribution in [2.75, 3.05) is 19.8 Å². The molecule has 0 aliphatic heterocycles. The van der Waals surface area contributed by atoms with Crippen LogP contribution in [0.2, 0.25) is 0 Å². The molecule has 1 amide bonds. The van der Waals surface area contributed by atoms with Gasteiger partial charge in [0.25, 0.3) is 5.56 Å². The van der Waals surface area contributed by atoms with Crippen LogP contribution in [0.1, 0.15) is 32.0 Å². The molecule has 0 radical (unpaired) electrons. The average molecular weight is 400 g/mol. The predicted molar refractivity (Wildman–Crippen MR) is 105 cm³/mol. The van der Waals surface area contributed by atoms with E-state index in [1.165, 1.54) is 12.3 Å². The number of carbonyl (C=O) groups excluding carboxylic acids is 1. The number of aromatic nitrogens is 3. The van der Waals surface area contributed by atoms with Crippen LogP contribution in [0.5, 0.6) is 0 Å². The maximum Gasteiger partial charge on any atom is 0.268 e. The SMILES string of the molecule is CCOCCCNC(=O)[C@H](C)n1nc(-c2ccco2)c(-c2cc(C)no2)cc1=O. The molecule has 0 bridgehead atoms. The van der Waals surface area contributed by atoms with Gasteiger partial charge in [-0.05, 0) is 39.3 Å². The van der Waals surface area contributed by atoms with Crippen molar-refractivity contribution in [3.63, 3.8) is 0 Å². The van der Waals surface area contributed by atoms with Crippen molar-refractivity contribution in [1.82, 2.24) is 20.3 Å². The molecule has 1 N–H and O–H groups in total. The summed E-state index contributed by atoms with van der Waals surface area (Å²) in [4.78, 5) is 25.2. The molecule has 9 heteroatoms. The van der Waals surface area contributed by atoms with Crippen molar-refractivity contribution in [3.05, 3.63) is 46.6 Å². The number of furan rings is 1. The molecule has 29 heavy (non-hydrogen) atoms. The van der Waals surface area contributed by atoms with Gasteiger partial charge in [-0.1, -0.05) is 5.16 Å². The summed E-state index contributed by atoms with van der Waals surface area (Å²) in [6.45, 7) is 6.98. The van der Waals surface area contributed by atoms with Gasteiger partial charge in [0.2, 0.25) is 5.91 Å². The summed E-state index contributed by atoms with van der Waals surface area (Å²) in [6, 6.07) is 5.73. The second kappa shape index (κ2) is 9.33. The number of hydrogen-bond acceptors (Lipinski definition) is 7. The molecule has 154 valence electrons. The highest BCUT2D eigenvalue weighted by Crippen LogP contribution is 2.30. The van der Waals surface area contributed by atoms with Gasteiger partial charge >= 0.3 is 0 Å². The van der Waals surface area contributed by atoms with E-state index in [9.17, 15) is 9.59 Å². The topological polar surface area (TPSA) is 112 Å². The lowest BCUT2D eigenvalue weighted by Gasteiger charge is -2.16. The first-order valence-electron chi connectivity index (χ1n) is 9.48. The van der Waals surface area contributed by atoms with Crippen molar-refractivity contribution in [2.24, 2.45) is 0 Å². The lowest BCUT2D eigenvalue weighted by Crippen LogP contribution is -2.37. The molecule has 0 spiro atoms. The smallest absolute Gasteiger partial charge is 0.268 e. The standard InChI is InChI=1S/C20H24N4O5/c1-4-27-9-6-8-21-20(26)14(3)24-18(25)12-15(17-11-13(2)23-29-17)19(22-24)16-7-5-10-28-16/h5,7,10-12,14H,4,6,8-9H2,1-3H3,(H,21,26)/t14-/m0/s1. The van der Waals surface area contributed by atoms with Gasteiger partial charge in [0, 0.05) is 31.9 Å². The molecular formula is C20H24N4O5. The van der Waals surface area contributed by atoms with Gasteiger partial charge in [0.1, 0.15) is 11.7 Å². The van der Waals surface area contributed by atoms with Crippen LogP contribution in [0.15, 0.2) is 44.3 Å². The Bertz CT molecular complexity index is 1010. The van der Waals surface area contributed by atoms with Crippen LogP contribution in [0.4, 0.5) is 0 Å². The maximum atomic E-state index is 12.7. The number of amides is 1. The van der Waals surface area contributed by atoms with E-state index in [-0.39, 0.29) is 5.91 Å². The van der Waals surface area contributed by atoms with Crippen molar-refractivity contribution in [3.8, 4) is 22.8 Å². The molecule has 0 fully saturated rings. The van der Waals surface area contributed by atoms with Crippen molar-refractivity contribution < 1.29 is 18.5 Å². The van der Waals surface area contributed by atoms with E-state index >= 15 is 0 Å². The summed E-state index contributed by atoms with van der Waals surface area (Å²) in [5.41, 5.74) is 1.09. The molecule has 0 saturated carbocycles. The molecule has 3 rings (SSSR count). The monoisotopic (exact) mass is 400 g/mol. The molecule has 9 nitrogen and oxygen atoms in total. The first-order chi connectivity index (χ1) is 14.0. The van der Waals surface area contributed by atoms with Gasteiger partial charge < -0.3 is 19.0 Å². The Morgan fingerprint density at radius 3 is 2.83 bits per heavy atom. The highest BCUT2D eigenvalue weighted by Gasteiger charge is 2.23. The summed E-state index contributed by atoms with van der Waals surface area (Å²) in [7, 11) is 0. The van der Waals surface area contributed by atoms with E-state index in [0.717, 1.165) is 4.68 Å². The first-order valence-corrected chi connectivity index (χ1v) is 9.48. The molecule has 3 heterocycles. The zero-order valence-electron chi connectivity index (χ0n) is 16.7. The third kappa shape index (κ3) is 4.80. The molecule has 0 unspecified atom stereocenters. The third-order valence-corrected chi connectivity index (χ3v) is 4.32. The van der Waals surface area contributed by atoms with Gasteiger partial charge in [-0.3, -0.25) is 9.59 Å². The molecule has 1 atom stereocenters. The normalized spacial score (nSPS) is 12.1. The van der Waals surface area contributed by atoms with E-state index in [1.807, 2.05) is 6.92 Å². The van der Waals surface area contributed by atoms with Gasteiger partial charge in [-0.25, -0.2) is 4.68 Å². The molecule has 0 aliphatic rings. The number of rotatable bonds is 9. The number of hydrogen-bond donors (Lipinski definition) is 1. The Kier molecular flexibility index (Phi) is 6.61. The van der Waals surface area contributed by atoms with Crippen LogP contribution >= 0.6 is 0 Å². The van der Waals surface area contributed by atoms with Crippen LogP contribution in [-0.4, -0.2) is 40.6 Å². The fraction of sp³-hybridized carbons (Fsp3) is 0.400. The van der Waals surface area contributed by atoms with E-state index < -0.39 is 11.6 Å². The molecular weight excluding hydrogens is 376 g/mol. The number of ether oxygens (including phenoxy) is 1. The minimum absolute atomic E-state index is 0.301. The van der Waals surface area contributed by atoms with Gasteiger partial charge in [-0.15, -0.1) is 0 Å². The summed E-state index contributed by atoms with van der Waals surface area (Å²) < 4.78 is 17.2. The Balaban J connectivity index is 1.89. The Hall–Kier alpha value is -3.20. The van der Waals surface area contributed by atoms with Crippen LogP contribution < -0.4 is 10.9 Å². The van der Waals surface area contributed by atoms with Crippen molar-refractivity contribution in [2.45, 2.75) is 33.2 Å². The highest BCUT2D eigenvalue weighted by molar-refractivity contribution is 5.80. The lowest BCUT2D eigenvalue weighted by molar-refractivity contribution is -0.124. The Morgan fingerprint density at radius 1 is 1.34 bits per heavy atom. The molecule has 3 aromatic heterocycles. The number of carbonyl (C=O) groups is 1. The van der Waals surface area contributed by atoms with Gasteiger partial charge in [0.15, 0.2) is 11.5 Å². The third-order valence-electron chi connectivity index (χ3n) is 4.32. The summed E-state index contributed by atoms with van der Waals surface area (Å²) in [5, 5.41) is 11.1. The van der Waals surface area contributed by atoms with Crippen LogP contribution in [-0.2, 0) is 9.53 Å². The molecule has 0 aromatic carbocycles. The van der Waals surface area contributed by atoms with Crippen molar-refractivity contribution in [1.29, 1.82) is 0 Å². The van der Waals surface area contributed by atoms with E-state index in [1.54, 1.807) is 32.0 Å². The number of aryl methyl sites for hydroxylation is 1. The fourth-order valence-electron chi connectivity index (χ4n) is 2.81. The maximum absolute atomic E-state index is 12.7.